The molecule has 6 heteroatoms. The molecule has 0 spiro atoms. The van der Waals surface area contributed by atoms with Gasteiger partial charge in [0.05, 0.1) is 23.1 Å². The highest BCUT2D eigenvalue weighted by molar-refractivity contribution is 5.96. The summed E-state index contributed by atoms with van der Waals surface area (Å²) in [6, 6.07) is 9.96. The Balaban J connectivity index is 1.71. The zero-order chi connectivity index (χ0) is 15.9. The second kappa shape index (κ2) is 4.99. The third-order valence-corrected chi connectivity index (χ3v) is 4.10. The molecule has 0 unspecified atom stereocenters. The minimum absolute atomic E-state index is 0.874. The van der Waals surface area contributed by atoms with E-state index in [-0.39, 0.29) is 0 Å². The van der Waals surface area contributed by atoms with Crippen LogP contribution in [0.3, 0.4) is 0 Å². The van der Waals surface area contributed by atoms with Crippen molar-refractivity contribution in [1.29, 1.82) is 0 Å². The molecule has 0 radical (unpaired) electrons. The Morgan fingerprint density at radius 3 is 2.58 bits per heavy atom. The number of H-pyrrole nitrogens is 2. The Bertz CT molecular complexity index is 1120. The first-order valence-corrected chi connectivity index (χ1v) is 7.56. The van der Waals surface area contributed by atoms with Crippen molar-refractivity contribution in [2.45, 2.75) is 0 Å². The maximum Gasteiger partial charge on any atom is 0.116 e. The molecule has 0 fully saturated rings. The third-order valence-electron chi connectivity index (χ3n) is 4.10. The molecule has 0 bridgehead atoms. The van der Waals surface area contributed by atoms with E-state index in [1.807, 2.05) is 36.7 Å². The topological polar surface area (TPSA) is 83.1 Å². The van der Waals surface area contributed by atoms with E-state index in [1.165, 1.54) is 0 Å². The molecule has 0 atom stereocenters. The van der Waals surface area contributed by atoms with Crippen LogP contribution in [0, 0.1) is 0 Å². The first-order valence-electron chi connectivity index (χ1n) is 7.56. The van der Waals surface area contributed by atoms with Crippen LogP contribution in [0.15, 0.2) is 61.3 Å². The van der Waals surface area contributed by atoms with E-state index < -0.39 is 0 Å². The molecular formula is C18H12N6. The van der Waals surface area contributed by atoms with Crippen LogP contribution < -0.4 is 0 Å². The summed E-state index contributed by atoms with van der Waals surface area (Å²) in [4.78, 5) is 16.1. The molecule has 24 heavy (non-hydrogen) atoms. The van der Waals surface area contributed by atoms with Gasteiger partial charge < -0.3 is 4.98 Å². The lowest BCUT2D eigenvalue weighted by Gasteiger charge is -2.00. The zero-order valence-electron chi connectivity index (χ0n) is 12.6. The number of pyridine rings is 3. The van der Waals surface area contributed by atoms with Crippen LogP contribution >= 0.6 is 0 Å². The molecule has 0 aliphatic heterocycles. The molecule has 5 aromatic rings. The Morgan fingerprint density at radius 2 is 1.71 bits per heavy atom. The minimum Gasteiger partial charge on any atom is -0.353 e. The van der Waals surface area contributed by atoms with Crippen molar-refractivity contribution in [2.75, 3.05) is 0 Å². The molecule has 5 aromatic heterocycles. The molecule has 114 valence electrons. The number of nitrogens with one attached hydrogen (secondary N) is 2. The molecule has 2 N–H and O–H groups in total. The standard InChI is InChI=1S/C18H12N6/c1-4-19-5-2-11(1)15-8-13-17(10-21-15)23-24-18(13)16-7-12-9-20-6-3-14(12)22-16/h1-10,22H,(H,23,24). The molecule has 0 aliphatic carbocycles. The van der Waals surface area contributed by atoms with Gasteiger partial charge in [-0.1, -0.05) is 0 Å². The number of hydrogen-bond acceptors (Lipinski definition) is 4. The predicted octanol–water partition coefficient (Wildman–Crippen LogP) is 3.56. The van der Waals surface area contributed by atoms with Gasteiger partial charge >= 0.3 is 0 Å². The third kappa shape index (κ3) is 1.97. The van der Waals surface area contributed by atoms with Crippen LogP contribution in [0.2, 0.25) is 0 Å². The van der Waals surface area contributed by atoms with Gasteiger partial charge in [0.25, 0.3) is 0 Å². The lowest BCUT2D eigenvalue weighted by Crippen LogP contribution is -1.84. The Kier molecular flexibility index (Phi) is 2.69. The van der Waals surface area contributed by atoms with Crippen LogP contribution in [0.25, 0.3) is 44.5 Å². The fourth-order valence-corrected chi connectivity index (χ4v) is 2.90. The summed E-state index contributed by atoms with van der Waals surface area (Å²) >= 11 is 0. The maximum absolute atomic E-state index is 4.51. The lowest BCUT2D eigenvalue weighted by atomic mass is 10.1. The van der Waals surface area contributed by atoms with Crippen molar-refractivity contribution >= 4 is 21.8 Å². The molecule has 0 saturated carbocycles. The van der Waals surface area contributed by atoms with E-state index in [1.54, 1.807) is 18.6 Å². The smallest absolute Gasteiger partial charge is 0.116 e. The van der Waals surface area contributed by atoms with Gasteiger partial charge in [-0.15, -0.1) is 0 Å². The predicted molar refractivity (Wildman–Crippen MR) is 92.2 cm³/mol. The first kappa shape index (κ1) is 13.0. The number of hydrogen-bond donors (Lipinski definition) is 2. The van der Waals surface area contributed by atoms with Crippen molar-refractivity contribution in [3.63, 3.8) is 0 Å². The molecule has 0 aromatic carbocycles. The summed E-state index contributed by atoms with van der Waals surface area (Å²) in [6.45, 7) is 0. The monoisotopic (exact) mass is 312 g/mol. The van der Waals surface area contributed by atoms with Crippen molar-refractivity contribution < 1.29 is 0 Å². The van der Waals surface area contributed by atoms with Crippen LogP contribution in [0.5, 0.6) is 0 Å². The minimum atomic E-state index is 0.874. The van der Waals surface area contributed by atoms with E-state index >= 15 is 0 Å². The Hall–Kier alpha value is -3.54. The quantitative estimate of drug-likeness (QED) is 0.522. The molecule has 0 saturated heterocycles. The summed E-state index contributed by atoms with van der Waals surface area (Å²) in [5.74, 6) is 0. The first-order chi connectivity index (χ1) is 11.9. The van der Waals surface area contributed by atoms with Crippen LogP contribution in [-0.4, -0.2) is 30.1 Å². The van der Waals surface area contributed by atoms with Crippen LogP contribution in [0.4, 0.5) is 0 Å². The highest BCUT2D eigenvalue weighted by atomic mass is 15.1. The second-order valence-corrected chi connectivity index (χ2v) is 5.57. The van der Waals surface area contributed by atoms with Crippen molar-refractivity contribution in [1.82, 2.24) is 30.1 Å². The SMILES string of the molecule is c1cc(-c2cc3c(-c4cc5cnccc5[nH]4)n[nH]c3cn2)ccn1. The molecular weight excluding hydrogens is 300 g/mol. The lowest BCUT2D eigenvalue weighted by molar-refractivity contribution is 1.11. The summed E-state index contributed by atoms with van der Waals surface area (Å²) < 4.78 is 0. The van der Waals surface area contributed by atoms with E-state index in [0.717, 1.165) is 44.5 Å². The Morgan fingerprint density at radius 1 is 0.833 bits per heavy atom. The average molecular weight is 312 g/mol. The van der Waals surface area contributed by atoms with Gasteiger partial charge in [0.1, 0.15) is 5.69 Å². The summed E-state index contributed by atoms with van der Waals surface area (Å²) in [7, 11) is 0. The largest absolute Gasteiger partial charge is 0.353 e. The average Bonchev–Trinajstić information content (AvgIpc) is 3.25. The number of nitrogens with zero attached hydrogens (tertiary/aromatic N) is 4. The zero-order valence-corrected chi connectivity index (χ0v) is 12.6. The molecule has 6 nitrogen and oxygen atoms in total. The van der Waals surface area contributed by atoms with Gasteiger partial charge in [0, 0.05) is 46.6 Å². The van der Waals surface area contributed by atoms with Gasteiger partial charge in [0.15, 0.2) is 0 Å². The van der Waals surface area contributed by atoms with Gasteiger partial charge in [-0.25, -0.2) is 0 Å². The van der Waals surface area contributed by atoms with Gasteiger partial charge in [0.2, 0.25) is 0 Å². The highest BCUT2D eigenvalue weighted by Gasteiger charge is 2.12. The molecule has 0 amide bonds. The fraction of sp³-hybridized carbons (Fsp3) is 0. The summed E-state index contributed by atoms with van der Waals surface area (Å²) in [6.07, 6.45) is 8.96. The van der Waals surface area contributed by atoms with Crippen molar-refractivity contribution in [2.24, 2.45) is 0 Å². The Labute approximate surface area is 136 Å². The number of fused-ring (bicyclic) bond motifs is 2. The maximum atomic E-state index is 4.51. The van der Waals surface area contributed by atoms with Crippen LogP contribution in [0.1, 0.15) is 0 Å². The van der Waals surface area contributed by atoms with Crippen molar-refractivity contribution in [3.05, 3.63) is 61.3 Å². The van der Waals surface area contributed by atoms with E-state index in [2.05, 4.69) is 36.2 Å². The summed E-state index contributed by atoms with van der Waals surface area (Å²) in [5, 5.41) is 9.60. The van der Waals surface area contributed by atoms with E-state index in [4.69, 9.17) is 0 Å². The number of aromatic nitrogens is 6. The number of aromatic amines is 2. The van der Waals surface area contributed by atoms with Gasteiger partial charge in [-0.2, -0.15) is 5.10 Å². The van der Waals surface area contributed by atoms with E-state index in [9.17, 15) is 0 Å². The highest BCUT2D eigenvalue weighted by Crippen LogP contribution is 2.30. The van der Waals surface area contributed by atoms with Gasteiger partial charge in [-0.05, 0) is 30.3 Å². The van der Waals surface area contributed by atoms with Crippen LogP contribution in [-0.2, 0) is 0 Å². The van der Waals surface area contributed by atoms with E-state index in [0.29, 0.717) is 0 Å². The summed E-state index contributed by atoms with van der Waals surface area (Å²) in [5.41, 5.74) is 5.69. The molecule has 0 aliphatic rings. The second-order valence-electron chi connectivity index (χ2n) is 5.57. The van der Waals surface area contributed by atoms with Crippen molar-refractivity contribution in [3.8, 4) is 22.6 Å². The fourth-order valence-electron chi connectivity index (χ4n) is 2.90. The normalized spacial score (nSPS) is 11.3. The van der Waals surface area contributed by atoms with Gasteiger partial charge in [-0.3, -0.25) is 20.1 Å². The molecule has 5 heterocycles. The molecule has 5 rings (SSSR count). The number of rotatable bonds is 2.